The van der Waals surface area contributed by atoms with Gasteiger partial charge in [0, 0.05) is 18.8 Å². The van der Waals surface area contributed by atoms with Gasteiger partial charge >= 0.3 is 0 Å². The standard InChI is InChI=1S/C13H22N2O4S2/c1-4-9-14-21(18,19)13-8-6-5-7-12(13)15-11(2)10-20(3,16)17/h5-8,11,14-15H,4,9-10H2,1-3H3. The molecule has 1 unspecified atom stereocenters. The van der Waals surface area contributed by atoms with Gasteiger partial charge in [-0.2, -0.15) is 0 Å². The van der Waals surface area contributed by atoms with E-state index in [4.69, 9.17) is 0 Å². The number of para-hydroxylation sites is 1. The summed E-state index contributed by atoms with van der Waals surface area (Å²) in [7, 11) is -6.74. The first kappa shape index (κ1) is 17.9. The van der Waals surface area contributed by atoms with Crippen LogP contribution in [0, 0.1) is 0 Å². The summed E-state index contributed by atoms with van der Waals surface area (Å²) in [6.07, 6.45) is 1.84. The Bertz CT molecular complexity index is 669. The van der Waals surface area contributed by atoms with E-state index in [9.17, 15) is 16.8 Å². The molecule has 6 nitrogen and oxygen atoms in total. The van der Waals surface area contributed by atoms with Crippen molar-refractivity contribution in [3.63, 3.8) is 0 Å². The van der Waals surface area contributed by atoms with Crippen molar-refractivity contribution in [3.8, 4) is 0 Å². The van der Waals surface area contributed by atoms with Crippen LogP contribution < -0.4 is 10.0 Å². The predicted octanol–water partition coefficient (Wildman–Crippen LogP) is 1.22. The van der Waals surface area contributed by atoms with E-state index >= 15 is 0 Å². The zero-order valence-electron chi connectivity index (χ0n) is 12.5. The van der Waals surface area contributed by atoms with Gasteiger partial charge in [0.2, 0.25) is 10.0 Å². The second kappa shape index (κ2) is 7.24. The SMILES string of the molecule is CCCNS(=O)(=O)c1ccccc1NC(C)CS(C)(=O)=O. The summed E-state index contributed by atoms with van der Waals surface area (Å²) in [5.74, 6) is -0.0657. The molecule has 21 heavy (non-hydrogen) atoms. The van der Waals surface area contributed by atoms with Crippen molar-refractivity contribution in [2.45, 2.75) is 31.2 Å². The second-order valence-corrected chi connectivity index (χ2v) is 8.95. The van der Waals surface area contributed by atoms with Crippen molar-refractivity contribution < 1.29 is 16.8 Å². The van der Waals surface area contributed by atoms with Crippen molar-refractivity contribution in [3.05, 3.63) is 24.3 Å². The molecule has 2 N–H and O–H groups in total. The molecule has 0 radical (unpaired) electrons. The molecule has 0 aromatic heterocycles. The molecular formula is C13H22N2O4S2. The summed E-state index contributed by atoms with van der Waals surface area (Å²) in [6.45, 7) is 3.93. The van der Waals surface area contributed by atoms with Crippen LogP contribution in [0.15, 0.2) is 29.2 Å². The molecule has 0 saturated heterocycles. The predicted molar refractivity (Wildman–Crippen MR) is 84.7 cm³/mol. The zero-order chi connectivity index (χ0) is 16.1. The molecule has 0 aliphatic carbocycles. The van der Waals surface area contributed by atoms with E-state index in [0.29, 0.717) is 18.7 Å². The number of anilines is 1. The van der Waals surface area contributed by atoms with Gasteiger partial charge in [0.15, 0.2) is 0 Å². The lowest BCUT2D eigenvalue weighted by Crippen LogP contribution is -2.28. The average molecular weight is 334 g/mol. The maximum atomic E-state index is 12.2. The lowest BCUT2D eigenvalue weighted by atomic mass is 10.3. The third-order valence-corrected chi connectivity index (χ3v) is 5.30. The van der Waals surface area contributed by atoms with E-state index in [1.165, 1.54) is 6.07 Å². The maximum absolute atomic E-state index is 12.2. The summed E-state index contributed by atoms with van der Waals surface area (Å²) >= 11 is 0. The Morgan fingerprint density at radius 1 is 1.14 bits per heavy atom. The van der Waals surface area contributed by atoms with Crippen LogP contribution in [-0.2, 0) is 19.9 Å². The van der Waals surface area contributed by atoms with Crippen molar-refractivity contribution >= 4 is 25.5 Å². The molecule has 0 bridgehead atoms. The summed E-state index contributed by atoms with van der Waals surface area (Å²) in [5, 5.41) is 2.95. The molecule has 0 aliphatic heterocycles. The van der Waals surface area contributed by atoms with Crippen LogP contribution in [0.1, 0.15) is 20.3 Å². The lowest BCUT2D eigenvalue weighted by Gasteiger charge is -2.17. The van der Waals surface area contributed by atoms with Crippen LogP contribution in [0.5, 0.6) is 0 Å². The fraction of sp³-hybridized carbons (Fsp3) is 0.538. The van der Waals surface area contributed by atoms with Crippen molar-refractivity contribution in [1.82, 2.24) is 4.72 Å². The van der Waals surface area contributed by atoms with E-state index in [1.807, 2.05) is 6.92 Å². The van der Waals surface area contributed by atoms with Crippen LogP contribution >= 0.6 is 0 Å². The lowest BCUT2D eigenvalue weighted by molar-refractivity contribution is 0.581. The second-order valence-electron chi connectivity index (χ2n) is 5.03. The molecule has 0 saturated carbocycles. The van der Waals surface area contributed by atoms with Gasteiger partial charge in [0.1, 0.15) is 14.7 Å². The van der Waals surface area contributed by atoms with Gasteiger partial charge in [-0.25, -0.2) is 21.6 Å². The zero-order valence-corrected chi connectivity index (χ0v) is 14.1. The molecule has 8 heteroatoms. The minimum Gasteiger partial charge on any atom is -0.380 e. The molecule has 1 aromatic rings. The Labute approximate surface area is 126 Å². The van der Waals surface area contributed by atoms with Gasteiger partial charge < -0.3 is 5.32 Å². The number of sulfonamides is 1. The number of rotatable bonds is 8. The highest BCUT2D eigenvalue weighted by atomic mass is 32.2. The van der Waals surface area contributed by atoms with Crippen LogP contribution in [0.2, 0.25) is 0 Å². The monoisotopic (exact) mass is 334 g/mol. The fourth-order valence-corrected chi connectivity index (χ4v) is 4.19. The molecule has 120 valence electrons. The molecule has 0 heterocycles. The first-order chi connectivity index (χ1) is 9.65. The number of nitrogens with one attached hydrogen (secondary N) is 2. The number of hydrogen-bond acceptors (Lipinski definition) is 5. The molecule has 1 aromatic carbocycles. The Hall–Kier alpha value is -1.12. The molecule has 0 amide bonds. The van der Waals surface area contributed by atoms with Crippen LogP contribution in [-0.4, -0.2) is 41.4 Å². The Morgan fingerprint density at radius 2 is 1.76 bits per heavy atom. The van der Waals surface area contributed by atoms with Crippen LogP contribution in [0.25, 0.3) is 0 Å². The van der Waals surface area contributed by atoms with E-state index in [0.717, 1.165) is 6.26 Å². The molecule has 0 aliphatic rings. The topological polar surface area (TPSA) is 92.3 Å². The first-order valence-electron chi connectivity index (χ1n) is 6.68. The molecule has 0 fully saturated rings. The number of benzene rings is 1. The Balaban J connectivity index is 3.00. The van der Waals surface area contributed by atoms with Crippen molar-refractivity contribution in [1.29, 1.82) is 0 Å². The number of sulfone groups is 1. The average Bonchev–Trinajstić information content (AvgIpc) is 2.34. The van der Waals surface area contributed by atoms with Crippen molar-refractivity contribution in [2.75, 3.05) is 23.9 Å². The van der Waals surface area contributed by atoms with Gasteiger partial charge in [-0.1, -0.05) is 19.1 Å². The highest BCUT2D eigenvalue weighted by molar-refractivity contribution is 7.90. The highest BCUT2D eigenvalue weighted by Gasteiger charge is 2.19. The van der Waals surface area contributed by atoms with E-state index in [-0.39, 0.29) is 16.7 Å². The van der Waals surface area contributed by atoms with Crippen LogP contribution in [0.4, 0.5) is 5.69 Å². The number of hydrogen-bond donors (Lipinski definition) is 2. The van der Waals surface area contributed by atoms with Crippen molar-refractivity contribution in [2.24, 2.45) is 0 Å². The minimum atomic E-state index is -3.60. The van der Waals surface area contributed by atoms with Gasteiger partial charge in [0.05, 0.1) is 11.4 Å². The van der Waals surface area contributed by atoms with Crippen LogP contribution in [0.3, 0.4) is 0 Å². The molecular weight excluding hydrogens is 312 g/mol. The van der Waals surface area contributed by atoms with E-state index < -0.39 is 19.9 Å². The van der Waals surface area contributed by atoms with Gasteiger partial charge in [-0.05, 0) is 25.5 Å². The molecule has 1 atom stereocenters. The molecule has 0 spiro atoms. The summed E-state index contributed by atoms with van der Waals surface area (Å²) in [6, 6.07) is 6.07. The minimum absolute atomic E-state index is 0.0657. The first-order valence-corrected chi connectivity index (χ1v) is 10.2. The quantitative estimate of drug-likeness (QED) is 0.746. The highest BCUT2D eigenvalue weighted by Crippen LogP contribution is 2.21. The molecule has 1 rings (SSSR count). The maximum Gasteiger partial charge on any atom is 0.242 e. The van der Waals surface area contributed by atoms with E-state index in [1.54, 1.807) is 25.1 Å². The fourth-order valence-electron chi connectivity index (χ4n) is 1.90. The summed E-state index contributed by atoms with van der Waals surface area (Å²) < 4.78 is 49.5. The third-order valence-electron chi connectivity index (χ3n) is 2.67. The summed E-state index contributed by atoms with van der Waals surface area (Å²) in [4.78, 5) is 0.124. The normalized spacial score (nSPS) is 13.9. The largest absolute Gasteiger partial charge is 0.380 e. The smallest absolute Gasteiger partial charge is 0.242 e. The van der Waals surface area contributed by atoms with Gasteiger partial charge in [-0.3, -0.25) is 0 Å². The van der Waals surface area contributed by atoms with Gasteiger partial charge in [0.25, 0.3) is 0 Å². The Kier molecular flexibility index (Phi) is 6.18. The summed E-state index contributed by atoms with van der Waals surface area (Å²) in [5.41, 5.74) is 0.400. The third kappa shape index (κ3) is 6.03. The van der Waals surface area contributed by atoms with E-state index in [2.05, 4.69) is 10.0 Å². The Morgan fingerprint density at radius 3 is 2.33 bits per heavy atom. The van der Waals surface area contributed by atoms with Gasteiger partial charge in [-0.15, -0.1) is 0 Å².